The molecule has 0 N–H and O–H groups in total. The Morgan fingerprint density at radius 2 is 2.04 bits per heavy atom. The third kappa shape index (κ3) is 3.37. The molecule has 2 fully saturated rings. The summed E-state index contributed by atoms with van der Waals surface area (Å²) in [5.41, 5.74) is 3.35. The summed E-state index contributed by atoms with van der Waals surface area (Å²) in [6.07, 6.45) is 7.40. The Balaban J connectivity index is 1.68. The van der Waals surface area contributed by atoms with Crippen LogP contribution in [0.25, 0.3) is 11.0 Å². The van der Waals surface area contributed by atoms with E-state index in [2.05, 4.69) is 40.4 Å². The SMILES string of the molecule is Cc1cnc2c(c1)cc(C1CCOCC1)n2CC(=O)N1CCCC[C@@H]1C. The zero-order valence-corrected chi connectivity index (χ0v) is 15.9. The van der Waals surface area contributed by atoms with Gasteiger partial charge >= 0.3 is 0 Å². The smallest absolute Gasteiger partial charge is 0.242 e. The molecule has 140 valence electrons. The van der Waals surface area contributed by atoms with Crippen LogP contribution in [-0.2, 0) is 16.1 Å². The first-order valence-electron chi connectivity index (χ1n) is 9.96. The highest BCUT2D eigenvalue weighted by atomic mass is 16.5. The average molecular weight is 355 g/mol. The number of aryl methyl sites for hydroxylation is 1. The minimum atomic E-state index is 0.227. The monoisotopic (exact) mass is 355 g/mol. The van der Waals surface area contributed by atoms with Gasteiger partial charge in [-0.05, 0) is 63.6 Å². The van der Waals surface area contributed by atoms with E-state index in [1.54, 1.807) is 0 Å². The van der Waals surface area contributed by atoms with Gasteiger partial charge in [0.15, 0.2) is 0 Å². The van der Waals surface area contributed by atoms with E-state index in [9.17, 15) is 4.79 Å². The first-order chi connectivity index (χ1) is 12.6. The van der Waals surface area contributed by atoms with Gasteiger partial charge in [-0.15, -0.1) is 0 Å². The van der Waals surface area contributed by atoms with E-state index in [1.807, 2.05) is 6.20 Å². The minimum absolute atomic E-state index is 0.227. The Bertz CT molecular complexity index is 792. The molecule has 2 saturated heterocycles. The van der Waals surface area contributed by atoms with Gasteiger partial charge in [0, 0.05) is 49.0 Å². The van der Waals surface area contributed by atoms with Crippen molar-refractivity contribution in [3.8, 4) is 0 Å². The van der Waals surface area contributed by atoms with Gasteiger partial charge in [-0.3, -0.25) is 4.79 Å². The van der Waals surface area contributed by atoms with Crippen molar-refractivity contribution in [1.29, 1.82) is 0 Å². The Hall–Kier alpha value is -1.88. The van der Waals surface area contributed by atoms with E-state index in [1.165, 1.54) is 12.1 Å². The van der Waals surface area contributed by atoms with E-state index < -0.39 is 0 Å². The second-order valence-corrected chi connectivity index (χ2v) is 7.90. The first-order valence-corrected chi connectivity index (χ1v) is 9.96. The van der Waals surface area contributed by atoms with Crippen molar-refractivity contribution in [3.63, 3.8) is 0 Å². The van der Waals surface area contributed by atoms with Crippen molar-refractivity contribution in [2.45, 2.75) is 64.5 Å². The maximum Gasteiger partial charge on any atom is 0.242 e. The van der Waals surface area contributed by atoms with Gasteiger partial charge in [0.1, 0.15) is 12.2 Å². The topological polar surface area (TPSA) is 47.4 Å². The fraction of sp³-hybridized carbons (Fsp3) is 0.619. The first kappa shape index (κ1) is 17.5. The number of hydrogen-bond acceptors (Lipinski definition) is 3. The molecule has 0 bridgehead atoms. The highest BCUT2D eigenvalue weighted by Crippen LogP contribution is 2.32. The summed E-state index contributed by atoms with van der Waals surface area (Å²) in [5.74, 6) is 0.676. The van der Waals surface area contributed by atoms with Crippen molar-refractivity contribution >= 4 is 16.9 Å². The molecule has 4 heterocycles. The molecule has 26 heavy (non-hydrogen) atoms. The molecule has 5 nitrogen and oxygen atoms in total. The molecule has 0 spiro atoms. The van der Waals surface area contributed by atoms with Crippen LogP contribution < -0.4 is 0 Å². The second-order valence-electron chi connectivity index (χ2n) is 7.90. The number of carbonyl (C=O) groups is 1. The standard InChI is InChI=1S/C21H29N3O2/c1-15-11-18-12-19(17-6-9-26-10-7-17)24(21(18)22-13-15)14-20(25)23-8-4-3-5-16(23)2/h11-13,16-17H,3-10,14H2,1-2H3/t16-/m0/s1. The van der Waals surface area contributed by atoms with Crippen molar-refractivity contribution in [2.75, 3.05) is 19.8 Å². The van der Waals surface area contributed by atoms with Crippen LogP contribution in [0.5, 0.6) is 0 Å². The minimum Gasteiger partial charge on any atom is -0.381 e. The van der Waals surface area contributed by atoms with Gasteiger partial charge in [-0.2, -0.15) is 0 Å². The van der Waals surface area contributed by atoms with E-state index in [4.69, 9.17) is 4.74 Å². The molecule has 1 atom stereocenters. The fourth-order valence-electron chi connectivity index (χ4n) is 4.47. The molecule has 0 saturated carbocycles. The number of likely N-dealkylation sites (tertiary alicyclic amines) is 1. The van der Waals surface area contributed by atoms with Crippen molar-refractivity contribution in [1.82, 2.24) is 14.5 Å². The van der Waals surface area contributed by atoms with Gasteiger partial charge in [0.25, 0.3) is 0 Å². The predicted octanol–water partition coefficient (Wildman–Crippen LogP) is 3.64. The molecule has 2 aliphatic heterocycles. The van der Waals surface area contributed by atoms with Crippen LogP contribution in [0.3, 0.4) is 0 Å². The summed E-state index contributed by atoms with van der Waals surface area (Å²) >= 11 is 0. The van der Waals surface area contributed by atoms with E-state index in [-0.39, 0.29) is 5.91 Å². The Morgan fingerprint density at radius 1 is 1.23 bits per heavy atom. The maximum atomic E-state index is 13.1. The highest BCUT2D eigenvalue weighted by molar-refractivity contribution is 5.82. The van der Waals surface area contributed by atoms with Crippen molar-refractivity contribution in [3.05, 3.63) is 29.6 Å². The normalized spacial score (nSPS) is 22.1. The molecule has 0 aromatic carbocycles. The third-order valence-corrected chi connectivity index (χ3v) is 5.96. The number of fused-ring (bicyclic) bond motifs is 1. The predicted molar refractivity (Wildman–Crippen MR) is 102 cm³/mol. The van der Waals surface area contributed by atoms with E-state index >= 15 is 0 Å². The number of rotatable bonds is 3. The Labute approximate surface area is 155 Å². The molecule has 5 heteroatoms. The molecule has 2 aliphatic rings. The number of carbonyl (C=O) groups excluding carboxylic acids is 1. The third-order valence-electron chi connectivity index (χ3n) is 5.96. The lowest BCUT2D eigenvalue weighted by Gasteiger charge is -2.34. The Morgan fingerprint density at radius 3 is 2.81 bits per heavy atom. The summed E-state index contributed by atoms with van der Waals surface area (Å²) in [4.78, 5) is 19.8. The molecular weight excluding hydrogens is 326 g/mol. The lowest BCUT2D eigenvalue weighted by Crippen LogP contribution is -2.43. The zero-order valence-electron chi connectivity index (χ0n) is 15.9. The number of piperidine rings is 1. The largest absolute Gasteiger partial charge is 0.381 e. The Kier molecular flexibility index (Phi) is 4.98. The molecule has 0 aliphatic carbocycles. The van der Waals surface area contributed by atoms with Crippen LogP contribution in [0.15, 0.2) is 18.3 Å². The lowest BCUT2D eigenvalue weighted by atomic mass is 9.96. The quantitative estimate of drug-likeness (QED) is 0.844. The van der Waals surface area contributed by atoms with Gasteiger partial charge < -0.3 is 14.2 Å². The van der Waals surface area contributed by atoms with Crippen LogP contribution >= 0.6 is 0 Å². The number of nitrogens with zero attached hydrogens (tertiary/aromatic N) is 3. The van der Waals surface area contributed by atoms with Gasteiger partial charge in [-0.1, -0.05) is 0 Å². The van der Waals surface area contributed by atoms with Crippen LogP contribution in [0, 0.1) is 6.92 Å². The maximum absolute atomic E-state index is 13.1. The second kappa shape index (κ2) is 7.39. The highest BCUT2D eigenvalue weighted by Gasteiger charge is 2.27. The summed E-state index contributed by atoms with van der Waals surface area (Å²) < 4.78 is 7.72. The summed E-state index contributed by atoms with van der Waals surface area (Å²) in [7, 11) is 0. The number of pyridine rings is 1. The van der Waals surface area contributed by atoms with E-state index in [0.29, 0.717) is 18.5 Å². The van der Waals surface area contributed by atoms with E-state index in [0.717, 1.165) is 62.0 Å². The molecule has 2 aromatic heterocycles. The number of ether oxygens (including phenoxy) is 1. The average Bonchev–Trinajstić information content (AvgIpc) is 3.00. The molecule has 2 aromatic rings. The summed E-state index contributed by atoms with van der Waals surface area (Å²) in [5, 5.41) is 1.14. The molecule has 0 radical (unpaired) electrons. The van der Waals surface area contributed by atoms with Gasteiger partial charge in [0.05, 0.1) is 0 Å². The van der Waals surface area contributed by atoms with Gasteiger partial charge in [0.2, 0.25) is 5.91 Å². The molecule has 1 amide bonds. The lowest BCUT2D eigenvalue weighted by molar-refractivity contribution is -0.135. The molecule has 4 rings (SSSR count). The number of aromatic nitrogens is 2. The molecular formula is C21H29N3O2. The zero-order chi connectivity index (χ0) is 18.1. The van der Waals surface area contributed by atoms with Crippen molar-refractivity contribution < 1.29 is 9.53 Å². The van der Waals surface area contributed by atoms with Crippen LogP contribution in [0.4, 0.5) is 0 Å². The van der Waals surface area contributed by atoms with Crippen LogP contribution in [0.2, 0.25) is 0 Å². The summed E-state index contributed by atoms with van der Waals surface area (Å²) in [6, 6.07) is 4.77. The fourth-order valence-corrected chi connectivity index (χ4v) is 4.47. The van der Waals surface area contributed by atoms with Gasteiger partial charge in [-0.25, -0.2) is 4.98 Å². The summed E-state index contributed by atoms with van der Waals surface area (Å²) in [6.45, 7) is 7.13. The number of amides is 1. The van der Waals surface area contributed by atoms with Crippen molar-refractivity contribution in [2.24, 2.45) is 0 Å². The number of hydrogen-bond donors (Lipinski definition) is 0. The van der Waals surface area contributed by atoms with Crippen LogP contribution in [0.1, 0.15) is 56.2 Å². The molecule has 0 unspecified atom stereocenters. The van der Waals surface area contributed by atoms with Crippen LogP contribution in [-0.4, -0.2) is 46.2 Å².